The molecule has 1 N–H and O–H groups in total. The number of ketones is 1. The van der Waals surface area contributed by atoms with Gasteiger partial charge in [0.05, 0.1) is 5.71 Å². The standard InChI is InChI=1S/C25H38N2O2/c1-15-11-19-20(6-9-25(4)22(19)12-16(2)23(25)28)24(3)8-5-17(13-21(15)24)27-29-18-7-10-26-14-18/h13,15-16,18-20,22,26H,5-12,14H2,1-4H3/t15?,16?,18?,19?,20?,22?,24-,25+/m1/s1. The van der Waals surface area contributed by atoms with Crippen molar-refractivity contribution >= 4 is 11.5 Å². The number of nitrogens with zero attached hydrogens (tertiary/aromatic N) is 1. The minimum Gasteiger partial charge on any atom is -0.391 e. The van der Waals surface area contributed by atoms with Crippen LogP contribution in [0.3, 0.4) is 0 Å². The number of allylic oxidation sites excluding steroid dienone is 2. The second kappa shape index (κ2) is 6.93. The zero-order valence-electron chi connectivity index (χ0n) is 18.7. The Balaban J connectivity index is 1.41. The third kappa shape index (κ3) is 2.96. The molecule has 0 amide bonds. The number of hydrogen-bond acceptors (Lipinski definition) is 4. The van der Waals surface area contributed by atoms with Gasteiger partial charge >= 0.3 is 0 Å². The Morgan fingerprint density at radius 3 is 2.66 bits per heavy atom. The maximum atomic E-state index is 13.0. The van der Waals surface area contributed by atoms with Gasteiger partial charge in [0.25, 0.3) is 0 Å². The van der Waals surface area contributed by atoms with E-state index in [2.05, 4.69) is 44.2 Å². The molecule has 0 bridgehead atoms. The van der Waals surface area contributed by atoms with Gasteiger partial charge < -0.3 is 10.2 Å². The summed E-state index contributed by atoms with van der Waals surface area (Å²) in [5, 5.41) is 7.91. The van der Waals surface area contributed by atoms with E-state index in [1.165, 1.54) is 19.3 Å². The molecular weight excluding hydrogens is 360 g/mol. The second-order valence-corrected chi connectivity index (χ2v) is 11.3. The number of Topliss-reactive ketones (excluding diaryl/α,β-unsaturated/α-hetero) is 1. The fraction of sp³-hybridized carbons (Fsp3) is 0.840. The van der Waals surface area contributed by atoms with Crippen LogP contribution in [0, 0.1) is 40.4 Å². The highest BCUT2D eigenvalue weighted by Gasteiger charge is 2.61. The van der Waals surface area contributed by atoms with Crippen molar-refractivity contribution in [2.75, 3.05) is 13.1 Å². The molecule has 4 fully saturated rings. The molecular formula is C25H38N2O2. The van der Waals surface area contributed by atoms with E-state index in [1.54, 1.807) is 5.57 Å². The van der Waals surface area contributed by atoms with Gasteiger partial charge in [0, 0.05) is 24.3 Å². The summed E-state index contributed by atoms with van der Waals surface area (Å²) in [6.07, 6.45) is 10.6. The summed E-state index contributed by atoms with van der Waals surface area (Å²) >= 11 is 0. The van der Waals surface area contributed by atoms with Gasteiger partial charge in [-0.3, -0.25) is 4.79 Å². The van der Waals surface area contributed by atoms with Gasteiger partial charge in [-0.05, 0) is 80.2 Å². The molecule has 160 valence electrons. The Morgan fingerprint density at radius 2 is 1.90 bits per heavy atom. The molecule has 0 aromatic heterocycles. The Kier molecular flexibility index (Phi) is 4.73. The van der Waals surface area contributed by atoms with Gasteiger partial charge in [-0.1, -0.05) is 38.4 Å². The summed E-state index contributed by atoms with van der Waals surface area (Å²) in [6.45, 7) is 11.4. The summed E-state index contributed by atoms with van der Waals surface area (Å²) in [5.74, 6) is 3.42. The van der Waals surface area contributed by atoms with Crippen molar-refractivity contribution in [2.24, 2.45) is 45.6 Å². The molecule has 1 saturated heterocycles. The predicted octanol–water partition coefficient (Wildman–Crippen LogP) is 4.74. The Labute approximate surface area is 175 Å². The van der Waals surface area contributed by atoms with Crippen LogP contribution >= 0.6 is 0 Å². The van der Waals surface area contributed by atoms with Crippen molar-refractivity contribution in [1.82, 2.24) is 5.32 Å². The smallest absolute Gasteiger partial charge is 0.141 e. The minimum absolute atomic E-state index is 0.0533. The second-order valence-electron chi connectivity index (χ2n) is 11.3. The number of hydrogen-bond donors (Lipinski definition) is 1. The van der Waals surface area contributed by atoms with Crippen LogP contribution in [0.1, 0.15) is 72.6 Å². The lowest BCUT2D eigenvalue weighted by Gasteiger charge is -2.58. The highest BCUT2D eigenvalue weighted by molar-refractivity contribution is 5.96. The zero-order valence-corrected chi connectivity index (χ0v) is 18.7. The van der Waals surface area contributed by atoms with Crippen molar-refractivity contribution in [3.05, 3.63) is 11.6 Å². The molecule has 4 heteroatoms. The van der Waals surface area contributed by atoms with Crippen LogP contribution in [0.5, 0.6) is 0 Å². The van der Waals surface area contributed by atoms with Gasteiger partial charge in [0.1, 0.15) is 11.9 Å². The van der Waals surface area contributed by atoms with Crippen LogP contribution in [0.2, 0.25) is 0 Å². The highest BCUT2D eigenvalue weighted by Crippen LogP contribution is 2.66. The maximum Gasteiger partial charge on any atom is 0.141 e. The number of fused-ring (bicyclic) bond motifs is 5. The molecule has 6 unspecified atom stereocenters. The molecule has 1 heterocycles. The first-order chi connectivity index (χ1) is 13.8. The lowest BCUT2D eigenvalue weighted by atomic mass is 9.46. The lowest BCUT2D eigenvalue weighted by molar-refractivity contribution is -0.134. The van der Waals surface area contributed by atoms with E-state index in [9.17, 15) is 4.79 Å². The van der Waals surface area contributed by atoms with Crippen molar-refractivity contribution < 1.29 is 9.63 Å². The SMILES string of the molecule is CC1CC2C3CC(C)C4=CC(=NOC5CCNC5)CC[C@]4(C)C3CC[C@]2(C)C1=O. The van der Waals surface area contributed by atoms with E-state index in [0.29, 0.717) is 23.5 Å². The van der Waals surface area contributed by atoms with Gasteiger partial charge in [0.15, 0.2) is 0 Å². The average molecular weight is 399 g/mol. The molecule has 8 atom stereocenters. The Hall–Kier alpha value is -1.16. The number of carbonyl (C=O) groups excluding carboxylic acids is 1. The Bertz CT molecular complexity index is 752. The topological polar surface area (TPSA) is 50.7 Å². The summed E-state index contributed by atoms with van der Waals surface area (Å²) in [4.78, 5) is 18.8. The first-order valence-electron chi connectivity index (χ1n) is 12.0. The fourth-order valence-electron chi connectivity index (χ4n) is 8.04. The number of rotatable bonds is 2. The monoisotopic (exact) mass is 398 g/mol. The predicted molar refractivity (Wildman–Crippen MR) is 116 cm³/mol. The van der Waals surface area contributed by atoms with Gasteiger partial charge in [-0.15, -0.1) is 0 Å². The first-order valence-corrected chi connectivity index (χ1v) is 12.0. The van der Waals surface area contributed by atoms with Crippen molar-refractivity contribution in [3.8, 4) is 0 Å². The highest BCUT2D eigenvalue weighted by atomic mass is 16.6. The molecule has 5 aliphatic rings. The van der Waals surface area contributed by atoms with E-state index in [1.807, 2.05) is 0 Å². The molecule has 0 radical (unpaired) electrons. The van der Waals surface area contributed by atoms with Crippen LogP contribution in [0.4, 0.5) is 0 Å². The van der Waals surface area contributed by atoms with Crippen LogP contribution in [-0.2, 0) is 9.63 Å². The van der Waals surface area contributed by atoms with E-state index >= 15 is 0 Å². The molecule has 5 rings (SSSR count). The fourth-order valence-corrected chi connectivity index (χ4v) is 8.04. The Morgan fingerprint density at radius 1 is 1.07 bits per heavy atom. The van der Waals surface area contributed by atoms with Gasteiger partial charge in [-0.2, -0.15) is 0 Å². The van der Waals surface area contributed by atoms with E-state index in [4.69, 9.17) is 4.84 Å². The third-order valence-corrected chi connectivity index (χ3v) is 9.64. The third-order valence-electron chi connectivity index (χ3n) is 9.64. The van der Waals surface area contributed by atoms with Crippen LogP contribution < -0.4 is 5.32 Å². The lowest BCUT2D eigenvalue weighted by Crippen LogP contribution is -2.52. The van der Waals surface area contributed by atoms with E-state index < -0.39 is 0 Å². The van der Waals surface area contributed by atoms with Crippen LogP contribution in [0.15, 0.2) is 16.8 Å². The molecule has 1 aliphatic heterocycles. The summed E-state index contributed by atoms with van der Waals surface area (Å²) < 4.78 is 0. The minimum atomic E-state index is -0.0533. The van der Waals surface area contributed by atoms with Crippen LogP contribution in [-0.4, -0.2) is 30.7 Å². The van der Waals surface area contributed by atoms with E-state index in [0.717, 1.165) is 50.4 Å². The molecule has 0 aromatic rings. The number of oxime groups is 1. The summed E-state index contributed by atoms with van der Waals surface area (Å²) in [6, 6.07) is 0. The van der Waals surface area contributed by atoms with Gasteiger partial charge in [0.2, 0.25) is 0 Å². The van der Waals surface area contributed by atoms with Crippen molar-refractivity contribution in [2.45, 2.75) is 78.7 Å². The molecule has 0 aromatic carbocycles. The maximum absolute atomic E-state index is 13.0. The number of nitrogens with one attached hydrogen (secondary N) is 1. The normalized spacial score (nSPS) is 50.7. The van der Waals surface area contributed by atoms with Gasteiger partial charge in [-0.25, -0.2) is 0 Å². The van der Waals surface area contributed by atoms with E-state index in [-0.39, 0.29) is 22.9 Å². The van der Waals surface area contributed by atoms with Crippen molar-refractivity contribution in [3.63, 3.8) is 0 Å². The quantitative estimate of drug-likeness (QED) is 0.683. The molecule has 4 aliphatic carbocycles. The zero-order chi connectivity index (χ0) is 20.4. The largest absolute Gasteiger partial charge is 0.391 e. The first kappa shape index (κ1) is 19.8. The molecule has 3 saturated carbocycles. The summed E-state index contributed by atoms with van der Waals surface area (Å²) in [7, 11) is 0. The molecule has 29 heavy (non-hydrogen) atoms. The molecule has 0 spiro atoms. The van der Waals surface area contributed by atoms with Crippen LogP contribution in [0.25, 0.3) is 0 Å². The van der Waals surface area contributed by atoms with Crippen molar-refractivity contribution in [1.29, 1.82) is 0 Å². The molecule has 4 nitrogen and oxygen atoms in total. The number of carbonyl (C=O) groups is 1. The average Bonchev–Trinajstić information content (AvgIpc) is 3.29. The summed E-state index contributed by atoms with van der Waals surface area (Å²) in [5.41, 5.74) is 2.97.